The average molecular weight is 248 g/mol. The molecule has 0 saturated heterocycles. The Labute approximate surface area is 112 Å². The lowest BCUT2D eigenvalue weighted by atomic mass is 9.87. The summed E-state index contributed by atoms with van der Waals surface area (Å²) in [5.41, 5.74) is 5.20. The molecular weight excluding hydrogens is 220 g/mol. The molecule has 1 heterocycles. The van der Waals surface area contributed by atoms with E-state index in [1.165, 1.54) is 11.1 Å². The van der Waals surface area contributed by atoms with Crippen molar-refractivity contribution >= 4 is 0 Å². The van der Waals surface area contributed by atoms with Crippen LogP contribution in [0, 0.1) is 26.2 Å². The Balaban J connectivity index is 2.95. The number of hydrogen-bond acceptors (Lipinski definition) is 2. The second-order valence-corrected chi connectivity index (χ2v) is 6.56. The molecule has 2 nitrogen and oxygen atoms in total. The van der Waals surface area contributed by atoms with Gasteiger partial charge in [0.05, 0.1) is 0 Å². The predicted molar refractivity (Wildman–Crippen MR) is 78.9 cm³/mol. The Bertz CT molecular complexity index is 393. The summed E-state index contributed by atoms with van der Waals surface area (Å²) in [4.78, 5) is 4.58. The van der Waals surface area contributed by atoms with Gasteiger partial charge in [-0.05, 0) is 57.2 Å². The van der Waals surface area contributed by atoms with Crippen LogP contribution < -0.4 is 5.32 Å². The Morgan fingerprint density at radius 2 is 1.67 bits per heavy atom. The van der Waals surface area contributed by atoms with Gasteiger partial charge in [-0.15, -0.1) is 0 Å². The molecule has 0 fully saturated rings. The van der Waals surface area contributed by atoms with Crippen molar-refractivity contribution in [1.29, 1.82) is 0 Å². The molecule has 1 rings (SSSR count). The van der Waals surface area contributed by atoms with E-state index in [1.54, 1.807) is 0 Å². The standard InChI is InChI=1S/C16H28N2/c1-10-9-11(2)17-12(3)15(10)13(4)18-14(5)16(6,7)8/h9,13-14,18H,1-8H3. The third-order valence-corrected chi connectivity index (χ3v) is 3.82. The van der Waals surface area contributed by atoms with E-state index >= 15 is 0 Å². The molecule has 1 aromatic heterocycles. The lowest BCUT2D eigenvalue weighted by Crippen LogP contribution is -2.39. The Morgan fingerprint density at radius 3 is 2.11 bits per heavy atom. The molecule has 2 unspecified atom stereocenters. The van der Waals surface area contributed by atoms with Crippen molar-refractivity contribution in [2.75, 3.05) is 0 Å². The highest BCUT2D eigenvalue weighted by Crippen LogP contribution is 2.25. The maximum atomic E-state index is 4.58. The van der Waals surface area contributed by atoms with Crippen LogP contribution in [0.5, 0.6) is 0 Å². The fraction of sp³-hybridized carbons (Fsp3) is 0.688. The number of hydrogen-bond donors (Lipinski definition) is 1. The van der Waals surface area contributed by atoms with Crippen molar-refractivity contribution in [2.45, 2.75) is 67.5 Å². The first-order chi connectivity index (χ1) is 8.12. The van der Waals surface area contributed by atoms with Crippen molar-refractivity contribution in [3.63, 3.8) is 0 Å². The summed E-state index contributed by atoms with van der Waals surface area (Å²) in [6, 6.07) is 2.97. The Hall–Kier alpha value is -0.890. The zero-order chi connectivity index (χ0) is 14.1. The number of rotatable bonds is 3. The van der Waals surface area contributed by atoms with Gasteiger partial charge in [-0.1, -0.05) is 20.8 Å². The summed E-state index contributed by atoms with van der Waals surface area (Å²) in [6.07, 6.45) is 0. The molecule has 1 aromatic rings. The van der Waals surface area contributed by atoms with E-state index in [4.69, 9.17) is 0 Å². The van der Waals surface area contributed by atoms with E-state index in [0.29, 0.717) is 12.1 Å². The van der Waals surface area contributed by atoms with Gasteiger partial charge in [-0.2, -0.15) is 0 Å². The van der Waals surface area contributed by atoms with Gasteiger partial charge in [0.2, 0.25) is 0 Å². The number of nitrogens with zero attached hydrogens (tertiary/aromatic N) is 1. The number of pyridine rings is 1. The normalized spacial score (nSPS) is 15.6. The third-order valence-electron chi connectivity index (χ3n) is 3.82. The largest absolute Gasteiger partial charge is 0.307 e. The second-order valence-electron chi connectivity index (χ2n) is 6.56. The van der Waals surface area contributed by atoms with Crippen LogP contribution in [0.15, 0.2) is 6.07 Å². The minimum absolute atomic E-state index is 0.272. The van der Waals surface area contributed by atoms with E-state index in [9.17, 15) is 0 Å². The third kappa shape index (κ3) is 3.55. The van der Waals surface area contributed by atoms with Crippen LogP contribution in [0.3, 0.4) is 0 Å². The van der Waals surface area contributed by atoms with Crippen LogP contribution in [0.4, 0.5) is 0 Å². The van der Waals surface area contributed by atoms with Crippen molar-refractivity contribution in [2.24, 2.45) is 5.41 Å². The monoisotopic (exact) mass is 248 g/mol. The molecule has 0 spiro atoms. The van der Waals surface area contributed by atoms with Gasteiger partial charge in [0.1, 0.15) is 0 Å². The quantitative estimate of drug-likeness (QED) is 0.871. The zero-order valence-electron chi connectivity index (χ0n) is 13.2. The molecule has 0 aliphatic heterocycles. The van der Waals surface area contributed by atoms with E-state index in [2.05, 4.69) is 71.8 Å². The number of aryl methyl sites for hydroxylation is 3. The molecule has 0 bridgehead atoms. The molecule has 102 valence electrons. The van der Waals surface area contributed by atoms with Crippen LogP contribution in [0.25, 0.3) is 0 Å². The molecule has 1 N–H and O–H groups in total. The van der Waals surface area contributed by atoms with E-state index in [-0.39, 0.29) is 5.41 Å². The minimum atomic E-state index is 0.272. The lowest BCUT2D eigenvalue weighted by Gasteiger charge is -2.32. The fourth-order valence-corrected chi connectivity index (χ4v) is 2.40. The second kappa shape index (κ2) is 5.40. The predicted octanol–water partition coefficient (Wildman–Crippen LogP) is 4.09. The van der Waals surface area contributed by atoms with Gasteiger partial charge in [0.15, 0.2) is 0 Å². The molecule has 0 aromatic carbocycles. The van der Waals surface area contributed by atoms with E-state index in [0.717, 1.165) is 11.4 Å². The first-order valence-corrected chi connectivity index (χ1v) is 6.83. The zero-order valence-corrected chi connectivity index (χ0v) is 13.2. The summed E-state index contributed by atoms with van der Waals surface area (Å²) < 4.78 is 0. The first-order valence-electron chi connectivity index (χ1n) is 6.83. The van der Waals surface area contributed by atoms with Gasteiger partial charge in [-0.3, -0.25) is 4.98 Å². The van der Waals surface area contributed by atoms with Gasteiger partial charge in [0, 0.05) is 23.5 Å². The topological polar surface area (TPSA) is 24.9 Å². The van der Waals surface area contributed by atoms with Crippen molar-refractivity contribution in [1.82, 2.24) is 10.3 Å². The lowest BCUT2D eigenvalue weighted by molar-refractivity contribution is 0.267. The van der Waals surface area contributed by atoms with Gasteiger partial charge < -0.3 is 5.32 Å². The highest BCUT2D eigenvalue weighted by atomic mass is 15.0. The first kappa shape index (κ1) is 15.2. The minimum Gasteiger partial charge on any atom is -0.307 e. The van der Waals surface area contributed by atoms with Crippen molar-refractivity contribution < 1.29 is 0 Å². The fourth-order valence-electron chi connectivity index (χ4n) is 2.40. The maximum Gasteiger partial charge on any atom is 0.0426 e. The average Bonchev–Trinajstić information content (AvgIpc) is 2.13. The van der Waals surface area contributed by atoms with Crippen LogP contribution in [-0.4, -0.2) is 11.0 Å². The molecule has 0 amide bonds. The van der Waals surface area contributed by atoms with E-state index < -0.39 is 0 Å². The van der Waals surface area contributed by atoms with Crippen LogP contribution in [0.1, 0.15) is 63.2 Å². The maximum absolute atomic E-state index is 4.58. The Morgan fingerprint density at radius 1 is 1.11 bits per heavy atom. The molecule has 18 heavy (non-hydrogen) atoms. The van der Waals surface area contributed by atoms with Crippen LogP contribution in [-0.2, 0) is 0 Å². The molecule has 0 aliphatic rings. The highest BCUT2D eigenvalue weighted by molar-refractivity contribution is 5.33. The van der Waals surface area contributed by atoms with Gasteiger partial charge in [0.25, 0.3) is 0 Å². The summed E-state index contributed by atoms with van der Waals surface area (Å²) >= 11 is 0. The van der Waals surface area contributed by atoms with Gasteiger partial charge in [-0.25, -0.2) is 0 Å². The van der Waals surface area contributed by atoms with Crippen LogP contribution >= 0.6 is 0 Å². The molecule has 0 saturated carbocycles. The molecule has 2 atom stereocenters. The molecule has 2 heteroatoms. The SMILES string of the molecule is Cc1cc(C)c(C(C)NC(C)C(C)(C)C)c(C)n1. The van der Waals surface area contributed by atoms with E-state index in [1.807, 2.05) is 0 Å². The molecule has 0 radical (unpaired) electrons. The smallest absolute Gasteiger partial charge is 0.0426 e. The summed E-state index contributed by atoms with van der Waals surface area (Å²) in [5, 5.41) is 3.70. The summed E-state index contributed by atoms with van der Waals surface area (Å²) in [5.74, 6) is 0. The van der Waals surface area contributed by atoms with Gasteiger partial charge >= 0.3 is 0 Å². The van der Waals surface area contributed by atoms with Crippen molar-refractivity contribution in [3.05, 3.63) is 28.6 Å². The number of nitrogens with one attached hydrogen (secondary N) is 1. The molecule has 0 aliphatic carbocycles. The summed E-state index contributed by atoms with van der Waals surface area (Å²) in [7, 11) is 0. The van der Waals surface area contributed by atoms with Crippen molar-refractivity contribution in [3.8, 4) is 0 Å². The highest BCUT2D eigenvalue weighted by Gasteiger charge is 2.23. The molecular formula is C16H28N2. The Kier molecular flexibility index (Phi) is 4.55. The van der Waals surface area contributed by atoms with Crippen LogP contribution in [0.2, 0.25) is 0 Å². The summed E-state index contributed by atoms with van der Waals surface area (Å²) in [6.45, 7) is 17.6. The number of aromatic nitrogens is 1.